The molecule has 0 atom stereocenters. The van der Waals surface area contributed by atoms with Gasteiger partial charge in [-0.2, -0.15) is 0 Å². The van der Waals surface area contributed by atoms with E-state index in [0.717, 1.165) is 5.56 Å². The minimum atomic E-state index is -0.468. The van der Waals surface area contributed by atoms with E-state index < -0.39 is 5.97 Å². The van der Waals surface area contributed by atoms with Crippen molar-refractivity contribution < 1.29 is 14.3 Å². The number of rotatable bonds is 4. The second-order valence-corrected chi connectivity index (χ2v) is 3.68. The van der Waals surface area contributed by atoms with Crippen LogP contribution >= 0.6 is 15.9 Å². The first-order chi connectivity index (χ1) is 7.13. The predicted molar refractivity (Wildman–Crippen MR) is 60.3 cm³/mol. The monoisotopic (exact) mass is 270 g/mol. The maximum absolute atomic E-state index is 11.4. The van der Waals surface area contributed by atoms with Crippen LogP contribution in [-0.4, -0.2) is 23.7 Å². The number of benzene rings is 1. The number of hydrogen-bond acceptors (Lipinski definition) is 3. The van der Waals surface area contributed by atoms with Gasteiger partial charge < -0.3 is 4.74 Å². The molecule has 0 fully saturated rings. The van der Waals surface area contributed by atoms with Crippen molar-refractivity contribution in [2.24, 2.45) is 0 Å². The summed E-state index contributed by atoms with van der Waals surface area (Å²) in [6.45, 7) is 1.75. The number of ether oxygens (including phenoxy) is 1. The van der Waals surface area contributed by atoms with Gasteiger partial charge in [-0.1, -0.05) is 33.6 Å². The van der Waals surface area contributed by atoms with Gasteiger partial charge in [-0.15, -0.1) is 0 Å². The maximum Gasteiger partial charge on any atom is 0.338 e. The molecular formula is C11H11BrO3. The molecule has 4 heteroatoms. The summed E-state index contributed by atoms with van der Waals surface area (Å²) < 4.78 is 4.80. The molecule has 3 nitrogen and oxygen atoms in total. The number of carbonyl (C=O) groups is 2. The lowest BCUT2D eigenvalue weighted by Gasteiger charge is -2.02. The molecule has 1 aromatic rings. The molecule has 0 aromatic heterocycles. The van der Waals surface area contributed by atoms with Crippen LogP contribution in [-0.2, 0) is 9.53 Å². The highest BCUT2D eigenvalue weighted by Gasteiger charge is 2.08. The molecule has 1 aromatic carbocycles. The molecule has 0 heterocycles. The Morgan fingerprint density at radius 3 is 2.40 bits per heavy atom. The average molecular weight is 271 g/mol. The van der Waals surface area contributed by atoms with Crippen molar-refractivity contribution in [2.45, 2.75) is 6.92 Å². The van der Waals surface area contributed by atoms with E-state index in [4.69, 9.17) is 4.74 Å². The third-order valence-electron chi connectivity index (χ3n) is 1.80. The Bertz CT molecular complexity index is 357. The van der Waals surface area contributed by atoms with E-state index in [9.17, 15) is 9.59 Å². The van der Waals surface area contributed by atoms with Crippen LogP contribution in [0.25, 0.3) is 0 Å². The molecule has 0 N–H and O–H groups in total. The number of hydrogen-bond donors (Lipinski definition) is 0. The van der Waals surface area contributed by atoms with Crippen molar-refractivity contribution in [3.63, 3.8) is 0 Å². The zero-order valence-electron chi connectivity index (χ0n) is 8.33. The first kappa shape index (κ1) is 11.9. The van der Waals surface area contributed by atoms with E-state index in [2.05, 4.69) is 15.9 Å². The molecular weight excluding hydrogens is 260 g/mol. The van der Waals surface area contributed by atoms with Crippen LogP contribution in [0.3, 0.4) is 0 Å². The Labute approximate surface area is 96.6 Å². The van der Waals surface area contributed by atoms with Gasteiger partial charge in [0.2, 0.25) is 0 Å². The van der Waals surface area contributed by atoms with Crippen molar-refractivity contribution in [1.82, 2.24) is 0 Å². The molecule has 1 rings (SSSR count). The van der Waals surface area contributed by atoms with Crippen molar-refractivity contribution in [3.05, 3.63) is 35.4 Å². The second kappa shape index (κ2) is 5.66. The van der Waals surface area contributed by atoms with Crippen LogP contribution in [0.1, 0.15) is 15.9 Å². The second-order valence-electron chi connectivity index (χ2n) is 3.11. The number of Topliss-reactive ketones (excluding diaryl/α,β-unsaturated/α-hetero) is 1. The number of ketones is 1. The molecule has 0 aliphatic rings. The highest BCUT2D eigenvalue weighted by molar-refractivity contribution is 9.09. The summed E-state index contributed by atoms with van der Waals surface area (Å²) in [5.74, 6) is -0.625. The van der Waals surface area contributed by atoms with Gasteiger partial charge in [0.1, 0.15) is 0 Å². The quantitative estimate of drug-likeness (QED) is 0.622. The minimum Gasteiger partial charge on any atom is -0.454 e. The first-order valence-corrected chi connectivity index (χ1v) is 5.57. The Kier molecular flexibility index (Phi) is 4.49. The summed E-state index contributed by atoms with van der Waals surface area (Å²) in [7, 11) is 0. The number of halogens is 1. The van der Waals surface area contributed by atoms with Crippen molar-refractivity contribution in [1.29, 1.82) is 0 Å². The molecule has 15 heavy (non-hydrogen) atoms. The summed E-state index contributed by atoms with van der Waals surface area (Å²) in [5.41, 5.74) is 1.53. The highest BCUT2D eigenvalue weighted by atomic mass is 79.9. The molecule has 0 amide bonds. The van der Waals surface area contributed by atoms with Gasteiger partial charge in [0, 0.05) is 0 Å². The highest BCUT2D eigenvalue weighted by Crippen LogP contribution is 2.04. The number of alkyl halides is 1. The Morgan fingerprint density at radius 1 is 1.27 bits per heavy atom. The van der Waals surface area contributed by atoms with E-state index in [0.29, 0.717) is 5.56 Å². The smallest absolute Gasteiger partial charge is 0.338 e. The van der Waals surface area contributed by atoms with E-state index >= 15 is 0 Å². The Morgan fingerprint density at radius 2 is 1.87 bits per heavy atom. The fourth-order valence-electron chi connectivity index (χ4n) is 0.958. The average Bonchev–Trinajstić information content (AvgIpc) is 2.26. The molecule has 0 aliphatic heterocycles. The number of aryl methyl sites for hydroxylation is 1. The lowest BCUT2D eigenvalue weighted by atomic mass is 10.1. The van der Waals surface area contributed by atoms with E-state index in [-0.39, 0.29) is 17.7 Å². The first-order valence-electron chi connectivity index (χ1n) is 4.45. The SMILES string of the molecule is Cc1ccc(C(=O)OCC(=O)CBr)cc1. The van der Waals surface area contributed by atoms with Gasteiger partial charge in [-0.3, -0.25) is 4.79 Å². The van der Waals surface area contributed by atoms with Crippen molar-refractivity contribution in [3.8, 4) is 0 Å². The third kappa shape index (κ3) is 3.83. The fourth-order valence-corrected chi connectivity index (χ4v) is 1.12. The molecule has 0 aliphatic carbocycles. The van der Waals surface area contributed by atoms with Crippen molar-refractivity contribution >= 4 is 27.7 Å². The number of carbonyl (C=O) groups excluding carboxylic acids is 2. The lowest BCUT2D eigenvalue weighted by Crippen LogP contribution is -2.14. The van der Waals surface area contributed by atoms with Crippen LogP contribution < -0.4 is 0 Å². The minimum absolute atomic E-state index is 0.157. The van der Waals surface area contributed by atoms with Gasteiger partial charge in [-0.25, -0.2) is 4.79 Å². The van der Waals surface area contributed by atoms with Crippen LogP contribution in [0.5, 0.6) is 0 Å². The Balaban J connectivity index is 2.54. The Hall–Kier alpha value is -1.16. The molecule has 0 saturated carbocycles. The van der Waals surface area contributed by atoms with Crippen LogP contribution in [0.4, 0.5) is 0 Å². The van der Waals surface area contributed by atoms with E-state index in [1.165, 1.54) is 0 Å². The van der Waals surface area contributed by atoms with Crippen LogP contribution in [0, 0.1) is 6.92 Å². The summed E-state index contributed by atoms with van der Waals surface area (Å²) in [6, 6.07) is 7.00. The van der Waals surface area contributed by atoms with Gasteiger partial charge in [0.05, 0.1) is 10.9 Å². The third-order valence-corrected chi connectivity index (χ3v) is 2.43. The standard InChI is InChI=1S/C11H11BrO3/c1-8-2-4-9(5-3-8)11(14)15-7-10(13)6-12/h2-5H,6-7H2,1H3. The summed E-state index contributed by atoms with van der Waals surface area (Å²) >= 11 is 2.99. The topological polar surface area (TPSA) is 43.4 Å². The molecule has 0 saturated heterocycles. The molecule has 0 unspecified atom stereocenters. The normalized spacial score (nSPS) is 9.73. The summed E-state index contributed by atoms with van der Waals surface area (Å²) in [5, 5.41) is 0.203. The largest absolute Gasteiger partial charge is 0.454 e. The zero-order chi connectivity index (χ0) is 11.3. The van der Waals surface area contributed by atoms with Gasteiger partial charge in [-0.05, 0) is 19.1 Å². The summed E-state index contributed by atoms with van der Waals surface area (Å²) in [4.78, 5) is 22.3. The van der Waals surface area contributed by atoms with Crippen LogP contribution in [0.2, 0.25) is 0 Å². The lowest BCUT2D eigenvalue weighted by molar-refractivity contribution is -0.119. The zero-order valence-corrected chi connectivity index (χ0v) is 9.91. The van der Waals surface area contributed by atoms with E-state index in [1.54, 1.807) is 12.1 Å². The van der Waals surface area contributed by atoms with Gasteiger partial charge in [0.25, 0.3) is 0 Å². The van der Waals surface area contributed by atoms with Gasteiger partial charge >= 0.3 is 5.97 Å². The fraction of sp³-hybridized carbons (Fsp3) is 0.273. The molecule has 80 valence electrons. The molecule has 0 spiro atoms. The maximum atomic E-state index is 11.4. The molecule has 0 bridgehead atoms. The van der Waals surface area contributed by atoms with E-state index in [1.807, 2.05) is 19.1 Å². The molecule has 0 radical (unpaired) electrons. The predicted octanol–water partition coefficient (Wildman–Crippen LogP) is 2.12. The number of esters is 1. The van der Waals surface area contributed by atoms with Gasteiger partial charge in [0.15, 0.2) is 12.4 Å². The van der Waals surface area contributed by atoms with Crippen LogP contribution in [0.15, 0.2) is 24.3 Å². The summed E-state index contributed by atoms with van der Waals surface area (Å²) in [6.07, 6.45) is 0. The van der Waals surface area contributed by atoms with Crippen molar-refractivity contribution in [2.75, 3.05) is 11.9 Å².